The fourth-order valence-corrected chi connectivity index (χ4v) is 8.08. The van der Waals surface area contributed by atoms with Crippen molar-refractivity contribution in [2.75, 3.05) is 50.8 Å². The molecule has 2 N–H and O–H groups in total. The number of fused-ring (bicyclic) bond motifs is 2. The van der Waals surface area contributed by atoms with Crippen LogP contribution in [0.4, 0.5) is 23.7 Å². The summed E-state index contributed by atoms with van der Waals surface area (Å²) in [5.41, 5.74) is -4.08. The number of nitrogens with zero attached hydrogens (tertiary/aromatic N) is 2. The topological polar surface area (TPSA) is 164 Å². The van der Waals surface area contributed by atoms with Crippen LogP contribution in [0, 0.1) is 0 Å². The van der Waals surface area contributed by atoms with Gasteiger partial charge in [0.1, 0.15) is 37.6 Å². The predicted molar refractivity (Wildman–Crippen MR) is 193 cm³/mol. The number of carbonyl (C=O) groups excluding carboxylic acids is 2. The van der Waals surface area contributed by atoms with E-state index in [0.29, 0.717) is 42.0 Å². The standard InChI is InChI=1S/C35H39F3N4O9S2/c1-6-41(7-2)24-13-15-26-29(21-24)51-30-22-25(42(8-3)18-20-50-34(44)39-17-19-49-33(43)23(4)5)14-16-27(30)32(26)28-11-9-10-12-31(28)52(45,46)40-53(47,48)35(36,37)38/h9-16,21-22,40H,4,6-8,17-20H2,1-3,5H3/p+1. The maximum absolute atomic E-state index is 13.3. The molecule has 53 heavy (non-hydrogen) atoms. The molecule has 0 aromatic heterocycles. The molecular formula is C35H40F3N4O9S2+. The number of hydrogen-bond donors (Lipinski definition) is 2. The van der Waals surface area contributed by atoms with Gasteiger partial charge in [-0.05, 0) is 52.0 Å². The van der Waals surface area contributed by atoms with Gasteiger partial charge in [-0.2, -0.15) is 13.2 Å². The molecule has 0 saturated heterocycles. The van der Waals surface area contributed by atoms with E-state index in [1.807, 2.05) is 31.7 Å². The number of hydrogen-bond acceptors (Lipinski definition) is 10. The number of benzene rings is 3. The largest absolute Gasteiger partial charge is 0.512 e. The molecule has 13 nitrogen and oxygen atoms in total. The molecule has 1 amide bonds. The van der Waals surface area contributed by atoms with E-state index in [-0.39, 0.29) is 48.6 Å². The highest BCUT2D eigenvalue weighted by Gasteiger charge is 2.48. The Labute approximate surface area is 305 Å². The number of carbonyl (C=O) groups is 2. The molecule has 286 valence electrons. The number of amides is 1. The molecule has 1 aliphatic carbocycles. The average Bonchev–Trinajstić information content (AvgIpc) is 3.10. The van der Waals surface area contributed by atoms with Gasteiger partial charge in [0, 0.05) is 52.0 Å². The van der Waals surface area contributed by atoms with Gasteiger partial charge in [-0.15, -0.1) is 0 Å². The van der Waals surface area contributed by atoms with E-state index >= 15 is 0 Å². The van der Waals surface area contributed by atoms with Crippen molar-refractivity contribution < 1.29 is 53.5 Å². The Hall–Kier alpha value is -4.94. The molecule has 0 fully saturated rings. The summed E-state index contributed by atoms with van der Waals surface area (Å²) < 4.78 is 110. The second kappa shape index (κ2) is 16.8. The predicted octanol–water partition coefficient (Wildman–Crippen LogP) is 4.82. The van der Waals surface area contributed by atoms with Gasteiger partial charge < -0.3 is 24.1 Å². The number of esters is 1. The minimum Gasteiger partial charge on any atom is -0.460 e. The van der Waals surface area contributed by atoms with Crippen molar-refractivity contribution >= 4 is 48.8 Å². The van der Waals surface area contributed by atoms with Crippen LogP contribution in [0.5, 0.6) is 0 Å². The Bertz CT molecular complexity index is 2270. The number of alkyl halides is 3. The van der Waals surface area contributed by atoms with Crippen molar-refractivity contribution in [3.63, 3.8) is 0 Å². The Morgan fingerprint density at radius 2 is 1.62 bits per heavy atom. The first kappa shape index (κ1) is 40.8. The molecule has 4 rings (SSSR count). The van der Waals surface area contributed by atoms with E-state index in [2.05, 4.69) is 16.5 Å². The monoisotopic (exact) mass is 781 g/mol. The lowest BCUT2D eigenvalue weighted by Crippen LogP contribution is -2.40. The normalized spacial score (nSPS) is 12.1. The first-order chi connectivity index (χ1) is 24.9. The molecule has 0 spiro atoms. The van der Waals surface area contributed by atoms with Gasteiger partial charge in [-0.25, -0.2) is 31.0 Å². The zero-order chi connectivity index (χ0) is 39.1. The third kappa shape index (κ3) is 9.54. The average molecular weight is 782 g/mol. The zero-order valence-electron chi connectivity index (χ0n) is 29.4. The lowest BCUT2D eigenvalue weighted by molar-refractivity contribution is -0.138. The molecule has 18 heteroatoms. The molecule has 1 heterocycles. The molecule has 0 bridgehead atoms. The van der Waals surface area contributed by atoms with Crippen LogP contribution in [0.3, 0.4) is 0 Å². The molecule has 2 aliphatic rings. The molecular weight excluding hydrogens is 742 g/mol. The summed E-state index contributed by atoms with van der Waals surface area (Å²) in [4.78, 5) is 24.8. The second-order valence-electron chi connectivity index (χ2n) is 11.6. The SMILES string of the molecule is C=C(C)C(=O)OCCNC(=O)OCCN(CC)c1ccc2c(-c3ccccc3S(=O)(=O)NS(=O)(=O)C(F)(F)F)c3ccc(=[N+](CC)CC)cc-3oc2c1. The number of halogens is 3. The fraction of sp³-hybridized carbons (Fsp3) is 0.343. The molecule has 0 radical (unpaired) electrons. The van der Waals surface area contributed by atoms with Gasteiger partial charge in [-0.3, -0.25) is 0 Å². The molecule has 0 saturated carbocycles. The molecule has 0 unspecified atom stereocenters. The number of rotatable bonds is 15. The van der Waals surface area contributed by atoms with E-state index < -0.39 is 42.5 Å². The lowest BCUT2D eigenvalue weighted by atomic mass is 9.93. The number of sulfonamides is 2. The van der Waals surface area contributed by atoms with Crippen LogP contribution in [0.1, 0.15) is 27.7 Å². The number of alkyl carbamates (subject to hydrolysis) is 1. The van der Waals surface area contributed by atoms with Crippen LogP contribution in [0.15, 0.2) is 82.1 Å². The number of ether oxygens (including phenoxy) is 2. The number of likely N-dealkylation sites (N-methyl/N-ethyl adjacent to an activating group) is 1. The smallest absolute Gasteiger partial charge is 0.460 e. The van der Waals surface area contributed by atoms with Gasteiger partial charge in [0.25, 0.3) is 10.0 Å². The van der Waals surface area contributed by atoms with Gasteiger partial charge in [-0.1, -0.05) is 28.9 Å². The highest BCUT2D eigenvalue weighted by atomic mass is 32.3. The first-order valence-electron chi connectivity index (χ1n) is 16.4. The maximum atomic E-state index is 13.3. The summed E-state index contributed by atoms with van der Waals surface area (Å²) in [5.74, 6) is -0.248. The second-order valence-corrected chi connectivity index (χ2v) is 15.2. The summed E-state index contributed by atoms with van der Waals surface area (Å²) in [7, 11) is -11.6. The maximum Gasteiger partial charge on any atom is 0.512 e. The van der Waals surface area contributed by atoms with Crippen molar-refractivity contribution in [3.8, 4) is 22.5 Å². The summed E-state index contributed by atoms with van der Waals surface area (Å²) in [5, 5.41) is 3.67. The highest BCUT2D eigenvalue weighted by molar-refractivity contribution is 8.05. The molecule has 2 aromatic carbocycles. The molecule has 1 aliphatic heterocycles. The van der Waals surface area contributed by atoms with Crippen molar-refractivity contribution in [1.82, 2.24) is 14.0 Å². The van der Waals surface area contributed by atoms with Gasteiger partial charge >= 0.3 is 27.6 Å². The zero-order valence-corrected chi connectivity index (χ0v) is 31.1. The fourth-order valence-electron chi connectivity index (χ4n) is 5.47. The third-order valence-electron chi connectivity index (χ3n) is 8.08. The summed E-state index contributed by atoms with van der Waals surface area (Å²) in [6.07, 6.45) is -0.716. The van der Waals surface area contributed by atoms with E-state index in [0.717, 1.165) is 15.6 Å². The Balaban J connectivity index is 1.77. The highest BCUT2D eigenvalue weighted by Crippen LogP contribution is 2.43. The van der Waals surface area contributed by atoms with Gasteiger partial charge in [0.05, 0.1) is 24.1 Å². The Morgan fingerprint density at radius 1 is 0.925 bits per heavy atom. The van der Waals surface area contributed by atoms with Crippen molar-refractivity contribution in [2.45, 2.75) is 38.1 Å². The van der Waals surface area contributed by atoms with E-state index in [4.69, 9.17) is 13.9 Å². The first-order valence-corrected chi connectivity index (χ1v) is 19.4. The van der Waals surface area contributed by atoms with Crippen LogP contribution in [0.25, 0.3) is 33.4 Å². The van der Waals surface area contributed by atoms with Gasteiger partial charge in [0.2, 0.25) is 5.36 Å². The van der Waals surface area contributed by atoms with Crippen LogP contribution in [0.2, 0.25) is 0 Å². The summed E-state index contributed by atoms with van der Waals surface area (Å²) >= 11 is 0. The quantitative estimate of drug-likeness (QED) is 0.0562. The van der Waals surface area contributed by atoms with E-state index in [9.17, 15) is 39.6 Å². The number of anilines is 1. The summed E-state index contributed by atoms with van der Waals surface area (Å²) in [6, 6.07) is 15.5. The van der Waals surface area contributed by atoms with Crippen LogP contribution in [-0.2, 0) is 34.3 Å². The molecule has 0 atom stereocenters. The van der Waals surface area contributed by atoms with Crippen molar-refractivity contribution in [1.29, 1.82) is 0 Å². The van der Waals surface area contributed by atoms with E-state index in [1.54, 1.807) is 30.3 Å². The van der Waals surface area contributed by atoms with Crippen LogP contribution < -0.4 is 24.3 Å². The number of nitrogens with one attached hydrogen (secondary N) is 2. The van der Waals surface area contributed by atoms with Crippen LogP contribution in [-0.4, -0.2) is 80.3 Å². The van der Waals surface area contributed by atoms with Crippen LogP contribution >= 0.6 is 0 Å². The Morgan fingerprint density at radius 3 is 2.26 bits per heavy atom. The minimum absolute atomic E-state index is 0.0182. The lowest BCUT2D eigenvalue weighted by Gasteiger charge is -2.24. The Kier molecular flexibility index (Phi) is 13.0. The molecule has 2 aromatic rings. The summed E-state index contributed by atoms with van der Waals surface area (Å²) in [6.45, 7) is 12.8. The minimum atomic E-state index is -6.28. The van der Waals surface area contributed by atoms with E-state index in [1.165, 1.54) is 25.1 Å². The van der Waals surface area contributed by atoms with Crippen molar-refractivity contribution in [2.24, 2.45) is 0 Å². The third-order valence-corrected chi connectivity index (χ3v) is 11.4. The van der Waals surface area contributed by atoms with Gasteiger partial charge in [0.15, 0.2) is 0 Å². The van der Waals surface area contributed by atoms with Crippen molar-refractivity contribution in [3.05, 3.63) is 78.2 Å².